The van der Waals surface area contributed by atoms with E-state index < -0.39 is 0 Å². The Labute approximate surface area is 82.5 Å². The van der Waals surface area contributed by atoms with E-state index in [0.717, 1.165) is 17.6 Å². The van der Waals surface area contributed by atoms with E-state index in [4.69, 9.17) is 11.6 Å². The van der Waals surface area contributed by atoms with Gasteiger partial charge in [0.25, 0.3) is 0 Å². The summed E-state index contributed by atoms with van der Waals surface area (Å²) in [6.07, 6.45) is 2.23. The first-order valence-electron chi connectivity index (χ1n) is 4.27. The van der Waals surface area contributed by atoms with E-state index in [-0.39, 0.29) is 0 Å². The van der Waals surface area contributed by atoms with Crippen LogP contribution in [-0.2, 0) is 6.42 Å². The van der Waals surface area contributed by atoms with Gasteiger partial charge in [0, 0.05) is 5.02 Å². The summed E-state index contributed by atoms with van der Waals surface area (Å²) in [6, 6.07) is 7.98. The van der Waals surface area contributed by atoms with Crippen molar-refractivity contribution in [3.05, 3.63) is 34.9 Å². The number of hydrogen-bond acceptors (Lipinski definition) is 0. The number of benzene rings is 1. The van der Waals surface area contributed by atoms with Crippen molar-refractivity contribution in [3.8, 4) is 0 Å². The van der Waals surface area contributed by atoms with Gasteiger partial charge < -0.3 is 0 Å². The molecule has 0 fully saturated rings. The minimum Gasteiger partial charge on any atom is -0.137 e. The topological polar surface area (TPSA) is 0 Å². The lowest BCUT2D eigenvalue weighted by molar-refractivity contribution is 1.16. The molecule has 0 radical (unpaired) electrons. The zero-order chi connectivity index (χ0) is 9.40. The van der Waals surface area contributed by atoms with Gasteiger partial charge in [0.1, 0.15) is 0 Å². The van der Waals surface area contributed by atoms with Crippen LogP contribution in [0.4, 0.5) is 0 Å². The fraction of sp³-hybridized carbons (Fsp3) is 0.400. The van der Waals surface area contributed by atoms with Crippen LogP contribution in [0.1, 0.15) is 19.4 Å². The van der Waals surface area contributed by atoms with E-state index in [1.54, 1.807) is 0 Å². The van der Waals surface area contributed by atoms with Crippen molar-refractivity contribution in [2.24, 2.45) is 0 Å². The van der Waals surface area contributed by atoms with Gasteiger partial charge in [-0.15, -0.1) is 9.24 Å². The van der Waals surface area contributed by atoms with Crippen LogP contribution in [0.3, 0.4) is 0 Å². The molecule has 0 bridgehead atoms. The van der Waals surface area contributed by atoms with E-state index in [2.05, 4.69) is 21.4 Å². The van der Waals surface area contributed by atoms with Gasteiger partial charge in [-0.2, -0.15) is 0 Å². The molecule has 1 atom stereocenters. The lowest BCUT2D eigenvalue weighted by Gasteiger charge is -1.96. The SMILES string of the molecule is CC.PCCc1ccc(Cl)cc1. The number of halogens is 1. The van der Waals surface area contributed by atoms with E-state index in [1.807, 2.05) is 26.0 Å². The van der Waals surface area contributed by atoms with E-state index in [1.165, 1.54) is 5.56 Å². The van der Waals surface area contributed by atoms with Crippen molar-refractivity contribution in [2.45, 2.75) is 20.3 Å². The van der Waals surface area contributed by atoms with Crippen molar-refractivity contribution in [1.29, 1.82) is 0 Å². The molecule has 2 heteroatoms. The first-order valence-corrected chi connectivity index (χ1v) is 5.47. The maximum Gasteiger partial charge on any atom is 0.0406 e. The zero-order valence-electron chi connectivity index (χ0n) is 7.68. The predicted molar refractivity (Wildman–Crippen MR) is 61.1 cm³/mol. The van der Waals surface area contributed by atoms with Crippen LogP contribution in [0.15, 0.2) is 24.3 Å². The van der Waals surface area contributed by atoms with Crippen molar-refractivity contribution in [2.75, 3.05) is 6.16 Å². The van der Waals surface area contributed by atoms with Gasteiger partial charge in [-0.3, -0.25) is 0 Å². The lowest BCUT2D eigenvalue weighted by atomic mass is 10.2. The van der Waals surface area contributed by atoms with Crippen LogP contribution < -0.4 is 0 Å². The van der Waals surface area contributed by atoms with Crippen LogP contribution in [0.25, 0.3) is 0 Å². The molecule has 1 aromatic carbocycles. The molecule has 0 amide bonds. The van der Waals surface area contributed by atoms with Crippen molar-refractivity contribution < 1.29 is 0 Å². The lowest BCUT2D eigenvalue weighted by Crippen LogP contribution is -1.83. The van der Waals surface area contributed by atoms with E-state index in [0.29, 0.717) is 0 Å². The maximum atomic E-state index is 5.71. The second-order valence-electron chi connectivity index (χ2n) is 2.17. The van der Waals surface area contributed by atoms with Crippen molar-refractivity contribution in [3.63, 3.8) is 0 Å². The average molecular weight is 203 g/mol. The minimum absolute atomic E-state index is 0.813. The van der Waals surface area contributed by atoms with E-state index in [9.17, 15) is 0 Å². The predicted octanol–water partition coefficient (Wildman–Crippen LogP) is 3.78. The Bertz CT molecular complexity index is 193. The molecular formula is C10H16ClP. The smallest absolute Gasteiger partial charge is 0.0406 e. The summed E-state index contributed by atoms with van der Waals surface area (Å²) in [5.74, 6) is 0. The minimum atomic E-state index is 0.813. The van der Waals surface area contributed by atoms with Gasteiger partial charge >= 0.3 is 0 Å². The van der Waals surface area contributed by atoms with Crippen molar-refractivity contribution in [1.82, 2.24) is 0 Å². The molecule has 0 heterocycles. The number of hydrogen-bond donors (Lipinski definition) is 0. The summed E-state index contributed by atoms with van der Waals surface area (Å²) in [5.41, 5.74) is 1.35. The van der Waals surface area contributed by atoms with Crippen molar-refractivity contribution >= 4 is 20.8 Å². The standard InChI is InChI=1S/C8H10ClP.C2H6/c9-8-3-1-7(2-4-8)5-6-10;1-2/h1-4H,5-6,10H2;1-2H3. The largest absolute Gasteiger partial charge is 0.137 e. The fourth-order valence-electron chi connectivity index (χ4n) is 0.818. The number of rotatable bonds is 2. The molecule has 12 heavy (non-hydrogen) atoms. The third-order valence-electron chi connectivity index (χ3n) is 1.35. The molecule has 0 aliphatic rings. The van der Waals surface area contributed by atoms with Gasteiger partial charge in [0.15, 0.2) is 0 Å². The Balaban J connectivity index is 0.000000561. The Hall–Kier alpha value is -0.0600. The summed E-state index contributed by atoms with van der Waals surface area (Å²) >= 11 is 5.71. The highest BCUT2D eigenvalue weighted by Crippen LogP contribution is 2.10. The van der Waals surface area contributed by atoms with Crippen LogP contribution in [0.5, 0.6) is 0 Å². The highest BCUT2D eigenvalue weighted by atomic mass is 35.5. The summed E-state index contributed by atoms with van der Waals surface area (Å²) in [6.45, 7) is 4.00. The summed E-state index contributed by atoms with van der Waals surface area (Å²) < 4.78 is 0. The summed E-state index contributed by atoms with van der Waals surface area (Å²) in [7, 11) is 2.71. The van der Waals surface area contributed by atoms with Gasteiger partial charge in [-0.1, -0.05) is 37.6 Å². The van der Waals surface area contributed by atoms with Crippen LogP contribution in [-0.4, -0.2) is 6.16 Å². The first kappa shape index (κ1) is 11.9. The molecule has 0 aliphatic carbocycles. The van der Waals surface area contributed by atoms with Gasteiger partial charge in [0.2, 0.25) is 0 Å². The monoisotopic (exact) mass is 202 g/mol. The molecule has 1 rings (SSSR count). The molecule has 0 nitrogen and oxygen atoms in total. The summed E-state index contributed by atoms with van der Waals surface area (Å²) in [5, 5.41) is 0.813. The Kier molecular flexibility index (Phi) is 7.54. The van der Waals surface area contributed by atoms with Gasteiger partial charge in [-0.05, 0) is 30.3 Å². The molecule has 68 valence electrons. The highest BCUT2D eigenvalue weighted by Gasteiger charge is 1.89. The Morgan fingerprint density at radius 2 is 1.67 bits per heavy atom. The second-order valence-corrected chi connectivity index (χ2v) is 3.18. The van der Waals surface area contributed by atoms with Gasteiger partial charge in [0.05, 0.1) is 0 Å². The Morgan fingerprint density at radius 1 is 1.17 bits per heavy atom. The summed E-state index contributed by atoms with van der Waals surface area (Å²) in [4.78, 5) is 0. The third kappa shape index (κ3) is 4.74. The maximum absolute atomic E-state index is 5.71. The van der Waals surface area contributed by atoms with E-state index >= 15 is 0 Å². The molecule has 0 aliphatic heterocycles. The molecule has 0 aromatic heterocycles. The molecule has 0 saturated carbocycles. The normalized spacial score (nSPS) is 8.67. The van der Waals surface area contributed by atoms with Gasteiger partial charge in [-0.25, -0.2) is 0 Å². The highest BCUT2D eigenvalue weighted by molar-refractivity contribution is 7.16. The molecule has 0 N–H and O–H groups in total. The molecule has 0 spiro atoms. The molecular weight excluding hydrogens is 187 g/mol. The Morgan fingerprint density at radius 3 is 2.08 bits per heavy atom. The molecule has 1 unspecified atom stereocenters. The van der Waals surface area contributed by atoms with Crippen LogP contribution >= 0.6 is 20.8 Å². The number of aryl methyl sites for hydroxylation is 1. The first-order chi connectivity index (χ1) is 5.83. The quantitative estimate of drug-likeness (QED) is 0.641. The zero-order valence-corrected chi connectivity index (χ0v) is 9.59. The molecule has 1 aromatic rings. The second kappa shape index (κ2) is 7.58. The van der Waals surface area contributed by atoms with Crippen LogP contribution in [0.2, 0.25) is 5.02 Å². The fourth-order valence-corrected chi connectivity index (χ4v) is 1.28. The van der Waals surface area contributed by atoms with Crippen LogP contribution in [0, 0.1) is 0 Å². The third-order valence-corrected chi connectivity index (χ3v) is 1.89. The molecule has 0 saturated heterocycles. The average Bonchev–Trinajstić information content (AvgIpc) is 2.13.